The fraction of sp³-hybridized carbons (Fsp3) is 0.455. The Kier molecular flexibility index (Phi) is 4.21. The van der Waals surface area contributed by atoms with Gasteiger partial charge in [0.05, 0.1) is 15.7 Å². The van der Waals surface area contributed by atoms with Crippen molar-refractivity contribution in [3.05, 3.63) is 57.8 Å². The minimum Gasteiger partial charge on any atom is -0.321 e. The highest BCUT2D eigenvalue weighted by Gasteiger charge is 2.52. The number of amides is 1. The monoisotopic (exact) mass is 400 g/mol. The normalized spacial score (nSPS) is 31.1. The molecule has 4 fully saturated rings. The first kappa shape index (κ1) is 17.5. The fourth-order valence-corrected chi connectivity index (χ4v) is 6.43. The van der Waals surface area contributed by atoms with Crippen LogP contribution in [0.15, 0.2) is 36.5 Å². The quantitative estimate of drug-likeness (QED) is 0.674. The van der Waals surface area contributed by atoms with Gasteiger partial charge >= 0.3 is 0 Å². The number of anilines is 1. The van der Waals surface area contributed by atoms with E-state index < -0.39 is 0 Å². The third-order valence-corrected chi connectivity index (χ3v) is 7.62. The van der Waals surface area contributed by atoms with E-state index in [-0.39, 0.29) is 11.3 Å². The molecule has 1 aromatic heterocycles. The summed E-state index contributed by atoms with van der Waals surface area (Å²) in [5, 5.41) is 3.68. The first-order valence-corrected chi connectivity index (χ1v) is 10.5. The van der Waals surface area contributed by atoms with Gasteiger partial charge in [-0.2, -0.15) is 0 Å². The molecule has 4 bridgehead atoms. The first-order valence-electron chi connectivity index (χ1n) is 9.74. The average molecular weight is 401 g/mol. The van der Waals surface area contributed by atoms with E-state index in [2.05, 4.69) is 5.32 Å². The maximum absolute atomic E-state index is 12.8. The van der Waals surface area contributed by atoms with Crippen LogP contribution in [0.5, 0.6) is 0 Å². The second kappa shape index (κ2) is 6.49. The molecule has 1 aromatic carbocycles. The van der Waals surface area contributed by atoms with Gasteiger partial charge in [0, 0.05) is 22.9 Å². The molecule has 1 amide bonds. The summed E-state index contributed by atoms with van der Waals surface area (Å²) < 4.78 is 0. The molecule has 1 N–H and O–H groups in total. The third-order valence-electron chi connectivity index (χ3n) is 6.80. The van der Waals surface area contributed by atoms with Crippen LogP contribution in [0.25, 0.3) is 0 Å². The Morgan fingerprint density at radius 1 is 1.04 bits per heavy atom. The second-order valence-electron chi connectivity index (χ2n) is 8.68. The molecule has 0 spiro atoms. The molecule has 0 unspecified atom stereocenters. The average Bonchev–Trinajstić information content (AvgIpc) is 2.64. The smallest absolute Gasteiger partial charge is 0.255 e. The van der Waals surface area contributed by atoms with Gasteiger partial charge in [0.25, 0.3) is 5.91 Å². The lowest BCUT2D eigenvalue weighted by atomic mass is 9.48. The van der Waals surface area contributed by atoms with Crippen LogP contribution in [0.1, 0.15) is 54.6 Å². The van der Waals surface area contributed by atoms with Gasteiger partial charge in [-0.25, -0.2) is 0 Å². The highest BCUT2D eigenvalue weighted by Crippen LogP contribution is 2.60. The number of hydrogen-bond donors (Lipinski definition) is 1. The van der Waals surface area contributed by atoms with Crippen LogP contribution in [0, 0.1) is 17.8 Å². The van der Waals surface area contributed by atoms with Crippen LogP contribution < -0.4 is 5.32 Å². The van der Waals surface area contributed by atoms with Crippen LogP contribution in [-0.4, -0.2) is 10.9 Å². The van der Waals surface area contributed by atoms with Gasteiger partial charge in [0.2, 0.25) is 0 Å². The Hall–Kier alpha value is -1.58. The molecule has 4 aliphatic rings. The molecule has 1 heterocycles. The van der Waals surface area contributed by atoms with Crippen molar-refractivity contribution in [2.75, 3.05) is 5.32 Å². The van der Waals surface area contributed by atoms with Crippen LogP contribution in [0.4, 0.5) is 5.69 Å². The van der Waals surface area contributed by atoms with E-state index in [9.17, 15) is 4.79 Å². The van der Waals surface area contributed by atoms with Gasteiger partial charge in [-0.15, -0.1) is 0 Å². The maximum atomic E-state index is 12.8. The standard InChI is InChI=1S/C22H22Cl2N2O/c23-17-2-1-3-18(20(17)24)26-21(27)16-4-5-25-19(9-16)22-10-13-6-14(11-22)8-15(7-13)12-22/h1-5,9,13-15H,6-8,10-12H2,(H,26,27). The summed E-state index contributed by atoms with van der Waals surface area (Å²) in [5.41, 5.74) is 2.44. The number of hydrogen-bond acceptors (Lipinski definition) is 2. The zero-order chi connectivity index (χ0) is 18.6. The van der Waals surface area contributed by atoms with Crippen LogP contribution in [0.2, 0.25) is 10.0 Å². The van der Waals surface area contributed by atoms with Crippen molar-refractivity contribution in [3.8, 4) is 0 Å². The number of pyridine rings is 1. The van der Waals surface area contributed by atoms with Crippen molar-refractivity contribution in [3.63, 3.8) is 0 Å². The summed E-state index contributed by atoms with van der Waals surface area (Å²) in [6, 6.07) is 9.01. The summed E-state index contributed by atoms with van der Waals surface area (Å²) in [7, 11) is 0. The molecule has 2 aromatic rings. The van der Waals surface area contributed by atoms with Crippen molar-refractivity contribution in [1.82, 2.24) is 4.98 Å². The molecule has 5 heteroatoms. The number of rotatable bonds is 3. The summed E-state index contributed by atoms with van der Waals surface area (Å²) in [4.78, 5) is 17.5. The first-order chi connectivity index (χ1) is 13.0. The molecule has 6 rings (SSSR count). The van der Waals surface area contributed by atoms with Gasteiger partial charge in [0.15, 0.2) is 0 Å². The molecule has 27 heavy (non-hydrogen) atoms. The Morgan fingerprint density at radius 3 is 2.37 bits per heavy atom. The lowest BCUT2D eigenvalue weighted by Crippen LogP contribution is -2.49. The van der Waals surface area contributed by atoms with E-state index in [4.69, 9.17) is 28.2 Å². The van der Waals surface area contributed by atoms with Crippen molar-refractivity contribution in [1.29, 1.82) is 0 Å². The van der Waals surface area contributed by atoms with Gasteiger partial charge in [-0.3, -0.25) is 9.78 Å². The molecular weight excluding hydrogens is 379 g/mol. The number of benzene rings is 1. The van der Waals surface area contributed by atoms with Crippen molar-refractivity contribution in [2.24, 2.45) is 17.8 Å². The van der Waals surface area contributed by atoms with Crippen LogP contribution in [-0.2, 0) is 5.41 Å². The lowest BCUT2D eigenvalue weighted by Gasteiger charge is -2.56. The van der Waals surface area contributed by atoms with Gasteiger partial charge < -0.3 is 5.32 Å². The SMILES string of the molecule is O=C(Nc1cccc(Cl)c1Cl)c1ccnc(C23CC4CC(CC(C4)C2)C3)c1. The largest absolute Gasteiger partial charge is 0.321 e. The molecule has 0 saturated heterocycles. The van der Waals surface area contributed by atoms with Crippen LogP contribution in [0.3, 0.4) is 0 Å². The molecule has 140 valence electrons. The number of aromatic nitrogens is 1. The number of carbonyl (C=O) groups excluding carboxylic acids is 1. The number of halogens is 2. The number of nitrogens with one attached hydrogen (secondary N) is 1. The Labute approximate surface area is 169 Å². The second-order valence-corrected chi connectivity index (χ2v) is 9.47. The van der Waals surface area contributed by atoms with E-state index >= 15 is 0 Å². The van der Waals surface area contributed by atoms with E-state index in [0.29, 0.717) is 21.3 Å². The highest BCUT2D eigenvalue weighted by atomic mass is 35.5. The highest BCUT2D eigenvalue weighted by molar-refractivity contribution is 6.44. The molecule has 4 saturated carbocycles. The summed E-state index contributed by atoms with van der Waals surface area (Å²) in [6.07, 6.45) is 9.67. The summed E-state index contributed by atoms with van der Waals surface area (Å²) in [5.74, 6) is 2.37. The molecule has 4 aliphatic carbocycles. The third kappa shape index (κ3) is 3.05. The van der Waals surface area contributed by atoms with Crippen molar-refractivity contribution >= 4 is 34.8 Å². The van der Waals surface area contributed by atoms with Gasteiger partial charge in [-0.1, -0.05) is 29.3 Å². The Bertz CT molecular complexity index is 876. The lowest BCUT2D eigenvalue weighted by molar-refractivity contribution is -0.00721. The molecule has 0 aliphatic heterocycles. The fourth-order valence-electron chi connectivity index (χ4n) is 6.08. The van der Waals surface area contributed by atoms with Gasteiger partial charge in [-0.05, 0) is 80.5 Å². The summed E-state index contributed by atoms with van der Waals surface area (Å²) in [6.45, 7) is 0. The Morgan fingerprint density at radius 2 is 1.70 bits per heavy atom. The zero-order valence-corrected chi connectivity index (χ0v) is 16.6. The van der Waals surface area contributed by atoms with E-state index in [1.807, 2.05) is 6.07 Å². The minimum absolute atomic E-state index is 0.174. The van der Waals surface area contributed by atoms with Crippen molar-refractivity contribution < 1.29 is 4.79 Å². The Balaban J connectivity index is 1.42. The minimum atomic E-state index is -0.174. The predicted molar refractivity (Wildman–Crippen MR) is 109 cm³/mol. The topological polar surface area (TPSA) is 42.0 Å². The number of carbonyl (C=O) groups is 1. The van der Waals surface area contributed by atoms with Crippen molar-refractivity contribution in [2.45, 2.75) is 43.9 Å². The molecular formula is C22H22Cl2N2O. The van der Waals surface area contributed by atoms with E-state index in [1.54, 1.807) is 30.5 Å². The summed E-state index contributed by atoms with van der Waals surface area (Å²) >= 11 is 12.3. The molecule has 0 atom stereocenters. The van der Waals surface area contributed by atoms with Crippen LogP contribution >= 0.6 is 23.2 Å². The molecule has 0 radical (unpaired) electrons. The maximum Gasteiger partial charge on any atom is 0.255 e. The number of nitrogens with zero attached hydrogens (tertiary/aromatic N) is 1. The van der Waals surface area contributed by atoms with E-state index in [1.165, 1.54) is 38.5 Å². The molecule has 3 nitrogen and oxygen atoms in total. The van der Waals surface area contributed by atoms with E-state index in [0.717, 1.165) is 23.4 Å². The van der Waals surface area contributed by atoms with Gasteiger partial charge in [0.1, 0.15) is 0 Å². The zero-order valence-electron chi connectivity index (χ0n) is 15.1. The predicted octanol–water partition coefficient (Wildman–Crippen LogP) is 6.11.